The lowest BCUT2D eigenvalue weighted by Gasteiger charge is -2.16. The van der Waals surface area contributed by atoms with Crippen LogP contribution in [0.25, 0.3) is 17.1 Å². The van der Waals surface area contributed by atoms with E-state index in [2.05, 4.69) is 20.4 Å². The third kappa shape index (κ3) is 5.19. The van der Waals surface area contributed by atoms with Crippen LogP contribution in [0.2, 0.25) is 5.02 Å². The van der Waals surface area contributed by atoms with Crippen LogP contribution >= 0.6 is 11.6 Å². The first-order chi connectivity index (χ1) is 16.7. The minimum Gasteiger partial charge on any atom is -0.388 e. The fourth-order valence-electron chi connectivity index (χ4n) is 3.57. The largest absolute Gasteiger partial charge is 0.388 e. The quantitative estimate of drug-likeness (QED) is 0.369. The monoisotopic (exact) mass is 499 g/mol. The zero-order chi connectivity index (χ0) is 24.7. The third-order valence-electron chi connectivity index (χ3n) is 5.48. The minimum absolute atomic E-state index is 0.196. The standard InChI is InChI=1S/C24H23ClFN5O4/c1-24(2,33)12-34-11-13-5-6-31-19(10-27-20(31)7-13)22(32)28-18-8-14(3-4-16(18)25)23-29-21(30-35-23)15-9-17(15)26/h3-8,10,15,17,33H,9,11-12H2,1-2H3,(H,28,32)/t15-,17-/m0/s1. The van der Waals surface area contributed by atoms with E-state index >= 15 is 0 Å². The van der Waals surface area contributed by atoms with Crippen LogP contribution in [-0.2, 0) is 11.3 Å². The first-order valence-corrected chi connectivity index (χ1v) is 11.4. The Kier molecular flexibility index (Phi) is 6.04. The van der Waals surface area contributed by atoms with E-state index in [9.17, 15) is 14.3 Å². The van der Waals surface area contributed by atoms with Gasteiger partial charge in [-0.05, 0) is 56.2 Å². The number of pyridine rings is 1. The van der Waals surface area contributed by atoms with E-state index in [1.165, 1.54) is 6.20 Å². The van der Waals surface area contributed by atoms with Gasteiger partial charge in [0.25, 0.3) is 11.8 Å². The number of benzene rings is 1. The van der Waals surface area contributed by atoms with Crippen molar-refractivity contribution in [2.75, 3.05) is 11.9 Å². The number of rotatable bonds is 8. The van der Waals surface area contributed by atoms with Gasteiger partial charge in [0, 0.05) is 11.8 Å². The molecular formula is C24H23ClFN5O4. The van der Waals surface area contributed by atoms with Gasteiger partial charge in [-0.15, -0.1) is 0 Å². The Bertz CT molecular complexity index is 1400. The summed E-state index contributed by atoms with van der Waals surface area (Å²) in [6.45, 7) is 3.85. The molecule has 1 fully saturated rings. The van der Waals surface area contributed by atoms with Crippen molar-refractivity contribution >= 4 is 28.8 Å². The maximum Gasteiger partial charge on any atom is 0.274 e. The van der Waals surface area contributed by atoms with E-state index in [4.69, 9.17) is 20.9 Å². The summed E-state index contributed by atoms with van der Waals surface area (Å²) in [6.07, 6.45) is 2.67. The van der Waals surface area contributed by atoms with Crippen LogP contribution in [0.15, 0.2) is 47.2 Å². The molecule has 182 valence electrons. The Morgan fingerprint density at radius 3 is 2.91 bits per heavy atom. The molecule has 0 bridgehead atoms. The molecule has 5 rings (SSSR count). The summed E-state index contributed by atoms with van der Waals surface area (Å²) >= 11 is 6.31. The smallest absolute Gasteiger partial charge is 0.274 e. The molecule has 3 aromatic heterocycles. The average Bonchev–Trinajstić information content (AvgIpc) is 3.19. The van der Waals surface area contributed by atoms with Crippen molar-refractivity contribution in [3.63, 3.8) is 0 Å². The molecule has 0 spiro atoms. The second-order valence-corrected chi connectivity index (χ2v) is 9.58. The molecule has 9 nitrogen and oxygen atoms in total. The van der Waals surface area contributed by atoms with Crippen LogP contribution in [0.1, 0.15) is 48.1 Å². The number of aromatic nitrogens is 4. The number of fused-ring (bicyclic) bond motifs is 1. The van der Waals surface area contributed by atoms with Gasteiger partial charge in [-0.2, -0.15) is 4.98 Å². The van der Waals surface area contributed by atoms with Crippen molar-refractivity contribution in [3.8, 4) is 11.5 Å². The molecule has 0 aliphatic heterocycles. The van der Waals surface area contributed by atoms with Crippen molar-refractivity contribution in [2.45, 2.75) is 44.6 Å². The molecule has 3 heterocycles. The van der Waals surface area contributed by atoms with Gasteiger partial charge in [0.15, 0.2) is 5.82 Å². The van der Waals surface area contributed by atoms with Gasteiger partial charge < -0.3 is 19.7 Å². The summed E-state index contributed by atoms with van der Waals surface area (Å²) in [4.78, 5) is 21.6. The molecule has 4 aromatic rings. The molecule has 1 aliphatic rings. The summed E-state index contributed by atoms with van der Waals surface area (Å²) in [5.74, 6) is -0.168. The summed E-state index contributed by atoms with van der Waals surface area (Å²) in [5, 5.41) is 16.7. The van der Waals surface area contributed by atoms with Crippen molar-refractivity contribution in [1.29, 1.82) is 0 Å². The molecule has 1 amide bonds. The molecule has 0 saturated heterocycles. The molecule has 2 atom stereocenters. The Labute approximate surface area is 204 Å². The lowest BCUT2D eigenvalue weighted by molar-refractivity contribution is -0.0268. The third-order valence-corrected chi connectivity index (χ3v) is 5.81. The Balaban J connectivity index is 1.31. The fourth-order valence-corrected chi connectivity index (χ4v) is 3.74. The fraction of sp³-hybridized carbons (Fsp3) is 0.333. The first-order valence-electron chi connectivity index (χ1n) is 11.0. The number of carbonyl (C=O) groups is 1. The molecule has 11 heteroatoms. The zero-order valence-electron chi connectivity index (χ0n) is 19.0. The normalized spacial score (nSPS) is 17.6. The number of hydrogen-bond donors (Lipinski definition) is 2. The predicted octanol–water partition coefficient (Wildman–Crippen LogP) is 4.40. The average molecular weight is 500 g/mol. The van der Waals surface area contributed by atoms with Gasteiger partial charge >= 0.3 is 0 Å². The van der Waals surface area contributed by atoms with Gasteiger partial charge in [-0.25, -0.2) is 9.37 Å². The SMILES string of the molecule is CC(C)(O)COCc1ccn2c(C(=O)Nc3cc(-c4nc([C@H]5C[C@@H]5F)no4)ccc3Cl)cnc2c1. The number of nitrogens with zero attached hydrogens (tertiary/aromatic N) is 4. The van der Waals surface area contributed by atoms with E-state index in [0.717, 1.165) is 5.56 Å². The number of aliphatic hydroxyl groups is 1. The second kappa shape index (κ2) is 9.03. The molecule has 2 N–H and O–H groups in total. The summed E-state index contributed by atoms with van der Waals surface area (Å²) in [7, 11) is 0. The van der Waals surface area contributed by atoms with Crippen molar-refractivity contribution in [2.24, 2.45) is 0 Å². The van der Waals surface area contributed by atoms with Crippen LogP contribution in [0.5, 0.6) is 0 Å². The highest BCUT2D eigenvalue weighted by molar-refractivity contribution is 6.34. The molecule has 1 aromatic carbocycles. The van der Waals surface area contributed by atoms with Crippen LogP contribution < -0.4 is 5.32 Å². The lowest BCUT2D eigenvalue weighted by atomic mass is 10.2. The van der Waals surface area contributed by atoms with Gasteiger partial charge in [-0.1, -0.05) is 16.8 Å². The first kappa shape index (κ1) is 23.4. The van der Waals surface area contributed by atoms with Crippen molar-refractivity contribution in [1.82, 2.24) is 19.5 Å². The maximum absolute atomic E-state index is 13.3. The van der Waals surface area contributed by atoms with E-state index in [1.807, 2.05) is 12.1 Å². The van der Waals surface area contributed by atoms with Crippen LogP contribution in [0.4, 0.5) is 10.1 Å². The number of hydrogen-bond acceptors (Lipinski definition) is 7. The number of anilines is 1. The molecule has 1 aliphatic carbocycles. The van der Waals surface area contributed by atoms with Gasteiger partial charge in [0.2, 0.25) is 0 Å². The molecule has 0 radical (unpaired) electrons. The molecule has 1 saturated carbocycles. The summed E-state index contributed by atoms with van der Waals surface area (Å²) < 4.78 is 25.7. The van der Waals surface area contributed by atoms with Crippen LogP contribution in [0, 0.1) is 0 Å². The minimum atomic E-state index is -0.928. The van der Waals surface area contributed by atoms with Crippen LogP contribution in [-0.4, -0.2) is 48.9 Å². The number of halogens is 2. The number of amides is 1. The zero-order valence-corrected chi connectivity index (χ0v) is 19.8. The van der Waals surface area contributed by atoms with E-state index < -0.39 is 17.7 Å². The van der Waals surface area contributed by atoms with Gasteiger partial charge in [0.1, 0.15) is 17.5 Å². The second-order valence-electron chi connectivity index (χ2n) is 9.18. The number of carbonyl (C=O) groups excluding carboxylic acids is 1. The van der Waals surface area contributed by atoms with Gasteiger partial charge in [0.05, 0.1) is 41.6 Å². The molecule has 0 unspecified atom stereocenters. The molecule has 35 heavy (non-hydrogen) atoms. The highest BCUT2D eigenvalue weighted by Crippen LogP contribution is 2.42. The van der Waals surface area contributed by atoms with E-state index in [0.29, 0.717) is 46.5 Å². The Morgan fingerprint density at radius 1 is 1.37 bits per heavy atom. The molecular weight excluding hydrogens is 477 g/mol. The summed E-state index contributed by atoms with van der Waals surface area (Å²) in [6, 6.07) is 8.55. The predicted molar refractivity (Wildman–Crippen MR) is 126 cm³/mol. The maximum atomic E-state index is 13.3. The lowest BCUT2D eigenvalue weighted by Crippen LogP contribution is -2.25. The summed E-state index contributed by atoms with van der Waals surface area (Å²) in [5.41, 5.74) is 1.74. The van der Waals surface area contributed by atoms with Crippen molar-refractivity contribution in [3.05, 3.63) is 64.8 Å². The van der Waals surface area contributed by atoms with E-state index in [1.54, 1.807) is 42.6 Å². The van der Waals surface area contributed by atoms with Gasteiger partial charge in [-0.3, -0.25) is 9.20 Å². The topological polar surface area (TPSA) is 115 Å². The Hall–Kier alpha value is -3.34. The number of imidazole rings is 1. The van der Waals surface area contributed by atoms with Crippen molar-refractivity contribution < 1.29 is 23.6 Å². The highest BCUT2D eigenvalue weighted by Gasteiger charge is 2.42. The van der Waals surface area contributed by atoms with Crippen LogP contribution in [0.3, 0.4) is 0 Å². The highest BCUT2D eigenvalue weighted by atomic mass is 35.5. The number of nitrogens with one attached hydrogen (secondary N) is 1. The van der Waals surface area contributed by atoms with E-state index in [-0.39, 0.29) is 18.4 Å². The Morgan fingerprint density at radius 2 is 2.17 bits per heavy atom. The number of alkyl halides is 1. The number of ether oxygens (including phenoxy) is 1.